The number of esters is 1. The molecule has 0 saturated heterocycles. The maximum Gasteiger partial charge on any atom is 0.472 e. The van der Waals surface area contributed by atoms with Crippen LogP contribution in [0.2, 0.25) is 0 Å². The summed E-state index contributed by atoms with van der Waals surface area (Å²) in [4.78, 5) is 22.8. The Kier molecular flexibility index (Phi) is 33.3. The quantitative estimate of drug-likeness (QED) is 0.0296. The number of ether oxygens (including phenoxy) is 2. The van der Waals surface area contributed by atoms with E-state index in [2.05, 4.69) is 13.8 Å². The minimum Gasteiger partial charge on any atom is -0.457 e. The minimum atomic E-state index is -4.26. The number of quaternary nitrogens is 1. The number of phosphoric ester groups is 1. The van der Waals surface area contributed by atoms with Gasteiger partial charge in [-0.2, -0.15) is 0 Å². The molecular formula is C39H81NO7P+. The summed E-state index contributed by atoms with van der Waals surface area (Å²) >= 11 is 0. The van der Waals surface area contributed by atoms with Crippen LogP contribution in [0.1, 0.15) is 187 Å². The van der Waals surface area contributed by atoms with Gasteiger partial charge in [-0.15, -0.1) is 0 Å². The maximum atomic E-state index is 12.6. The summed E-state index contributed by atoms with van der Waals surface area (Å²) in [6.45, 7) is 5.65. The zero-order valence-corrected chi connectivity index (χ0v) is 33.4. The average Bonchev–Trinajstić information content (AvgIpc) is 3.03. The van der Waals surface area contributed by atoms with Crippen LogP contribution in [0.4, 0.5) is 0 Å². The van der Waals surface area contributed by atoms with Crippen LogP contribution in [-0.4, -0.2) is 75.6 Å². The van der Waals surface area contributed by atoms with Crippen LogP contribution in [0.25, 0.3) is 0 Å². The second kappa shape index (κ2) is 33.6. The van der Waals surface area contributed by atoms with Gasteiger partial charge in [-0.3, -0.25) is 13.8 Å². The van der Waals surface area contributed by atoms with Gasteiger partial charge < -0.3 is 18.9 Å². The van der Waals surface area contributed by atoms with Crippen LogP contribution < -0.4 is 0 Å². The topological polar surface area (TPSA) is 91.3 Å². The molecule has 0 spiro atoms. The third kappa shape index (κ3) is 36.8. The number of hydrogen-bond acceptors (Lipinski definition) is 6. The molecule has 0 aromatic heterocycles. The van der Waals surface area contributed by atoms with Crippen LogP contribution in [0.5, 0.6) is 0 Å². The maximum absolute atomic E-state index is 12.6. The van der Waals surface area contributed by atoms with Crippen LogP contribution in [-0.2, 0) is 27.9 Å². The molecule has 0 aromatic carbocycles. The largest absolute Gasteiger partial charge is 0.472 e. The van der Waals surface area contributed by atoms with Gasteiger partial charge in [-0.25, -0.2) is 4.57 Å². The van der Waals surface area contributed by atoms with E-state index in [1.165, 1.54) is 135 Å². The SMILES string of the molecule is CCCCCCCCCCCCCCCCCCC(=O)OC(COCCCCCCCCCCCC)COP(=O)(O)OCC[N+](C)(C)C. The zero-order valence-electron chi connectivity index (χ0n) is 32.5. The van der Waals surface area contributed by atoms with Gasteiger partial charge >= 0.3 is 13.8 Å². The van der Waals surface area contributed by atoms with Crippen LogP contribution >= 0.6 is 7.82 Å². The molecule has 1 N–H and O–H groups in total. The first-order chi connectivity index (χ1) is 23.1. The molecule has 8 nitrogen and oxygen atoms in total. The van der Waals surface area contributed by atoms with Gasteiger partial charge in [0.05, 0.1) is 34.4 Å². The van der Waals surface area contributed by atoms with Crippen molar-refractivity contribution in [3.63, 3.8) is 0 Å². The lowest BCUT2D eigenvalue weighted by atomic mass is 10.0. The van der Waals surface area contributed by atoms with Crippen LogP contribution in [0, 0.1) is 0 Å². The lowest BCUT2D eigenvalue weighted by molar-refractivity contribution is -0.870. The second-order valence-corrected chi connectivity index (χ2v) is 16.5. The molecule has 0 amide bonds. The van der Waals surface area contributed by atoms with Gasteiger partial charge in [0.15, 0.2) is 0 Å². The average molecular weight is 707 g/mol. The third-order valence-corrected chi connectivity index (χ3v) is 9.90. The van der Waals surface area contributed by atoms with Gasteiger partial charge in [0.25, 0.3) is 0 Å². The fourth-order valence-corrected chi connectivity index (χ4v) is 6.47. The summed E-state index contributed by atoms with van der Waals surface area (Å²) < 4.78 is 34.9. The molecule has 0 saturated carbocycles. The predicted molar refractivity (Wildman–Crippen MR) is 201 cm³/mol. The molecule has 0 radical (unpaired) electrons. The van der Waals surface area contributed by atoms with Gasteiger partial charge in [-0.05, 0) is 12.8 Å². The van der Waals surface area contributed by atoms with Crippen molar-refractivity contribution in [1.29, 1.82) is 0 Å². The number of nitrogens with zero attached hydrogens (tertiary/aromatic N) is 1. The Bertz CT molecular complexity index is 746. The molecule has 0 bridgehead atoms. The molecule has 2 unspecified atom stereocenters. The Morgan fingerprint density at radius 1 is 0.562 bits per heavy atom. The molecular weight excluding hydrogens is 625 g/mol. The molecule has 0 aliphatic carbocycles. The van der Waals surface area contributed by atoms with E-state index in [-0.39, 0.29) is 25.8 Å². The summed E-state index contributed by atoms with van der Waals surface area (Å²) in [6.07, 6.45) is 32.6. The Labute approximate surface area is 298 Å². The van der Waals surface area contributed by atoms with Crippen molar-refractivity contribution in [2.45, 2.75) is 193 Å². The minimum absolute atomic E-state index is 0.0935. The molecule has 9 heteroatoms. The van der Waals surface area contributed by atoms with E-state index in [9.17, 15) is 14.3 Å². The van der Waals surface area contributed by atoms with E-state index < -0.39 is 13.9 Å². The first kappa shape index (κ1) is 47.5. The molecule has 0 rings (SSSR count). The summed E-state index contributed by atoms with van der Waals surface area (Å²) in [5, 5.41) is 0. The number of carbonyl (C=O) groups is 1. The third-order valence-electron chi connectivity index (χ3n) is 8.92. The lowest BCUT2D eigenvalue weighted by Gasteiger charge is -2.24. The van der Waals surface area contributed by atoms with Gasteiger partial charge in [0, 0.05) is 13.0 Å². The second-order valence-electron chi connectivity index (χ2n) is 15.0. The van der Waals surface area contributed by atoms with Gasteiger partial charge in [-0.1, -0.05) is 168 Å². The number of rotatable bonds is 38. The molecule has 0 aliphatic rings. The molecule has 0 aromatic rings. The highest BCUT2D eigenvalue weighted by Crippen LogP contribution is 2.43. The summed E-state index contributed by atoms with van der Waals surface area (Å²) in [6, 6.07) is 0. The van der Waals surface area contributed by atoms with Crippen molar-refractivity contribution in [3.8, 4) is 0 Å². The summed E-state index contributed by atoms with van der Waals surface area (Å²) in [5.41, 5.74) is 0. The van der Waals surface area contributed by atoms with Crippen molar-refractivity contribution in [1.82, 2.24) is 0 Å². The highest BCUT2D eigenvalue weighted by atomic mass is 31.2. The standard InChI is InChI=1S/C39H80NO7P/c1-6-8-10-12-14-16-18-19-20-21-22-23-24-26-28-30-32-39(41)47-38(37-46-48(42,43)45-35-33-40(3,4)5)36-44-34-31-29-27-25-17-15-13-11-9-7-2/h38H,6-37H2,1-5H3/p+1. The van der Waals surface area contributed by atoms with Crippen molar-refractivity contribution in [3.05, 3.63) is 0 Å². The highest BCUT2D eigenvalue weighted by molar-refractivity contribution is 7.47. The first-order valence-corrected chi connectivity index (χ1v) is 21.8. The Balaban J connectivity index is 4.20. The van der Waals surface area contributed by atoms with Crippen molar-refractivity contribution in [2.24, 2.45) is 0 Å². The molecule has 288 valence electrons. The highest BCUT2D eigenvalue weighted by Gasteiger charge is 2.26. The number of hydrogen-bond donors (Lipinski definition) is 1. The monoisotopic (exact) mass is 707 g/mol. The first-order valence-electron chi connectivity index (χ1n) is 20.3. The molecule has 0 aliphatic heterocycles. The van der Waals surface area contributed by atoms with Crippen LogP contribution in [0.15, 0.2) is 0 Å². The van der Waals surface area contributed by atoms with E-state index in [4.69, 9.17) is 18.5 Å². The zero-order chi connectivity index (χ0) is 35.6. The molecule has 48 heavy (non-hydrogen) atoms. The molecule has 0 fully saturated rings. The van der Waals surface area contributed by atoms with E-state index in [1.54, 1.807) is 0 Å². The number of phosphoric acid groups is 1. The van der Waals surface area contributed by atoms with E-state index in [0.29, 0.717) is 24.1 Å². The van der Waals surface area contributed by atoms with Crippen molar-refractivity contribution >= 4 is 13.8 Å². The Hall–Kier alpha value is -0.500. The fourth-order valence-electron chi connectivity index (χ4n) is 5.73. The summed E-state index contributed by atoms with van der Waals surface area (Å²) in [7, 11) is 1.68. The van der Waals surface area contributed by atoms with Crippen molar-refractivity contribution < 1.29 is 37.3 Å². The fraction of sp³-hybridized carbons (Fsp3) is 0.974. The van der Waals surface area contributed by atoms with Crippen molar-refractivity contribution in [2.75, 3.05) is 54.1 Å². The smallest absolute Gasteiger partial charge is 0.457 e. The number of unbranched alkanes of at least 4 members (excludes halogenated alkanes) is 24. The van der Waals surface area contributed by atoms with E-state index in [0.717, 1.165) is 32.1 Å². The van der Waals surface area contributed by atoms with E-state index in [1.807, 2.05) is 21.1 Å². The predicted octanol–water partition coefficient (Wildman–Crippen LogP) is 11.3. The van der Waals surface area contributed by atoms with Gasteiger partial charge in [0.1, 0.15) is 19.3 Å². The van der Waals surface area contributed by atoms with E-state index >= 15 is 0 Å². The molecule has 0 heterocycles. The van der Waals surface area contributed by atoms with Gasteiger partial charge in [0.2, 0.25) is 0 Å². The lowest BCUT2D eigenvalue weighted by Crippen LogP contribution is -2.37. The summed E-state index contributed by atoms with van der Waals surface area (Å²) in [5.74, 6) is -0.310. The molecule has 2 atom stereocenters. The van der Waals surface area contributed by atoms with Crippen LogP contribution in [0.3, 0.4) is 0 Å². The normalized spacial score (nSPS) is 13.9. The Morgan fingerprint density at radius 3 is 1.38 bits per heavy atom. The number of likely N-dealkylation sites (N-methyl/N-ethyl adjacent to an activating group) is 1. The number of carbonyl (C=O) groups excluding carboxylic acids is 1. The Morgan fingerprint density at radius 2 is 0.958 bits per heavy atom.